The maximum absolute atomic E-state index is 12.2. The number of nitrogens with one attached hydrogen (secondary N) is 1. The Balaban J connectivity index is 2.17. The lowest BCUT2D eigenvalue weighted by Gasteiger charge is -2.15. The minimum Gasteiger partial charge on any atom is -0.312 e. The first-order valence-electron chi connectivity index (χ1n) is 6.58. The van der Waals surface area contributed by atoms with Crippen LogP contribution in [0.15, 0.2) is 24.3 Å². The van der Waals surface area contributed by atoms with Crippen molar-refractivity contribution in [2.45, 2.75) is 31.5 Å². The number of aryl methyl sites for hydroxylation is 1. The fraction of sp³-hybridized carbons (Fsp3) is 0.500. The van der Waals surface area contributed by atoms with Crippen molar-refractivity contribution < 1.29 is 13.2 Å². The summed E-state index contributed by atoms with van der Waals surface area (Å²) in [5.74, 6) is 0. The number of fused-ring (bicyclic) bond motifs is 1. The molecule has 0 aliphatic rings. The smallest absolute Gasteiger partial charge is 0.312 e. The summed E-state index contributed by atoms with van der Waals surface area (Å²) in [6.45, 7) is 0. The predicted molar refractivity (Wildman–Crippen MR) is 72.4 cm³/mol. The van der Waals surface area contributed by atoms with Crippen molar-refractivity contribution in [3.8, 4) is 0 Å². The number of rotatable bonds is 5. The molecule has 1 atom stereocenters. The number of halogens is 3. The highest BCUT2D eigenvalue weighted by Gasteiger charge is 2.27. The summed E-state index contributed by atoms with van der Waals surface area (Å²) in [6.07, 6.45) is -4.34. The molecule has 3 nitrogen and oxygen atoms in total. The fourth-order valence-electron chi connectivity index (χ4n) is 2.42. The van der Waals surface area contributed by atoms with Gasteiger partial charge in [-0.05, 0) is 26.0 Å². The Morgan fingerprint density at radius 2 is 2.00 bits per heavy atom. The lowest BCUT2D eigenvalue weighted by molar-refractivity contribution is -0.135. The molecule has 1 aromatic carbocycles. The molecule has 6 heteroatoms. The lowest BCUT2D eigenvalue weighted by atomic mass is 10.0. The molecule has 0 bridgehead atoms. The molecule has 2 rings (SSSR count). The zero-order valence-electron chi connectivity index (χ0n) is 11.5. The van der Waals surface area contributed by atoms with Crippen LogP contribution in [0.25, 0.3) is 10.9 Å². The van der Waals surface area contributed by atoms with Gasteiger partial charge in [0.2, 0.25) is 0 Å². The molecule has 1 heterocycles. The van der Waals surface area contributed by atoms with Crippen molar-refractivity contribution in [3.05, 3.63) is 30.0 Å². The number of benzene rings is 1. The van der Waals surface area contributed by atoms with E-state index in [9.17, 15) is 13.2 Å². The SMILES string of the molecule is CNC(CCCC(F)(F)F)c1nn(C)c2ccccc12. The largest absolute Gasteiger partial charge is 0.389 e. The molecule has 110 valence electrons. The van der Waals surface area contributed by atoms with Crippen molar-refractivity contribution in [2.24, 2.45) is 7.05 Å². The van der Waals surface area contributed by atoms with Crippen LogP contribution in [0, 0.1) is 0 Å². The van der Waals surface area contributed by atoms with Crippen molar-refractivity contribution in [1.82, 2.24) is 15.1 Å². The monoisotopic (exact) mass is 285 g/mol. The van der Waals surface area contributed by atoms with Gasteiger partial charge in [-0.2, -0.15) is 18.3 Å². The Morgan fingerprint density at radius 3 is 2.65 bits per heavy atom. The Hall–Kier alpha value is -1.56. The highest BCUT2D eigenvalue weighted by Crippen LogP contribution is 2.29. The maximum Gasteiger partial charge on any atom is 0.389 e. The average Bonchev–Trinajstić information content (AvgIpc) is 2.72. The summed E-state index contributed by atoms with van der Waals surface area (Å²) < 4.78 is 38.5. The van der Waals surface area contributed by atoms with Gasteiger partial charge in [-0.15, -0.1) is 0 Å². The van der Waals surface area contributed by atoms with Gasteiger partial charge in [0, 0.05) is 18.9 Å². The molecule has 0 saturated heterocycles. The lowest BCUT2D eigenvalue weighted by Crippen LogP contribution is -2.18. The van der Waals surface area contributed by atoms with Gasteiger partial charge in [0.25, 0.3) is 0 Å². The molecule has 1 unspecified atom stereocenters. The molecular formula is C14H18F3N3. The fourth-order valence-corrected chi connectivity index (χ4v) is 2.42. The van der Waals surface area contributed by atoms with Crippen molar-refractivity contribution in [1.29, 1.82) is 0 Å². The Labute approximate surface area is 115 Å². The summed E-state index contributed by atoms with van der Waals surface area (Å²) in [5.41, 5.74) is 1.80. The number of nitrogens with zero attached hydrogens (tertiary/aromatic N) is 2. The van der Waals surface area contributed by atoms with Crippen molar-refractivity contribution in [3.63, 3.8) is 0 Å². The summed E-state index contributed by atoms with van der Waals surface area (Å²) in [4.78, 5) is 0. The van der Waals surface area contributed by atoms with Crippen LogP contribution in [0.5, 0.6) is 0 Å². The van der Waals surface area contributed by atoms with Crippen molar-refractivity contribution >= 4 is 10.9 Å². The van der Waals surface area contributed by atoms with Crippen molar-refractivity contribution in [2.75, 3.05) is 7.05 Å². The second-order valence-electron chi connectivity index (χ2n) is 4.87. The highest BCUT2D eigenvalue weighted by molar-refractivity contribution is 5.82. The van der Waals surface area contributed by atoms with Crippen LogP contribution in [0.2, 0.25) is 0 Å². The van der Waals surface area contributed by atoms with Gasteiger partial charge < -0.3 is 5.32 Å². The predicted octanol–water partition coefficient (Wildman–Crippen LogP) is 3.57. The first kappa shape index (κ1) is 14.8. The molecule has 20 heavy (non-hydrogen) atoms. The third kappa shape index (κ3) is 3.30. The Bertz CT molecular complexity index is 575. The third-order valence-electron chi connectivity index (χ3n) is 3.42. The number of para-hydroxylation sites is 1. The molecule has 0 aliphatic carbocycles. The van der Waals surface area contributed by atoms with Gasteiger partial charge in [0.1, 0.15) is 0 Å². The van der Waals surface area contributed by atoms with E-state index in [1.54, 1.807) is 11.7 Å². The Kier molecular flexibility index (Phi) is 4.32. The van der Waals surface area contributed by atoms with E-state index in [1.807, 2.05) is 31.3 Å². The summed E-state index contributed by atoms with van der Waals surface area (Å²) >= 11 is 0. The highest BCUT2D eigenvalue weighted by atomic mass is 19.4. The van der Waals surface area contributed by atoms with Gasteiger partial charge >= 0.3 is 6.18 Å². The first-order valence-corrected chi connectivity index (χ1v) is 6.58. The van der Waals surface area contributed by atoms with Crippen LogP contribution in [0.3, 0.4) is 0 Å². The van der Waals surface area contributed by atoms with Crippen LogP contribution in [0.4, 0.5) is 13.2 Å². The number of hydrogen-bond acceptors (Lipinski definition) is 2. The minimum absolute atomic E-state index is 0.0971. The van der Waals surface area contributed by atoms with Gasteiger partial charge in [-0.1, -0.05) is 18.2 Å². The van der Waals surface area contributed by atoms with E-state index in [1.165, 1.54) is 0 Å². The zero-order valence-corrected chi connectivity index (χ0v) is 11.5. The number of aromatic nitrogens is 2. The maximum atomic E-state index is 12.2. The van der Waals surface area contributed by atoms with Gasteiger partial charge in [-0.3, -0.25) is 4.68 Å². The summed E-state index contributed by atoms with van der Waals surface area (Å²) in [5, 5.41) is 8.50. The van der Waals surface area contributed by atoms with Gasteiger partial charge in [0.15, 0.2) is 0 Å². The van der Waals surface area contributed by atoms with Crippen LogP contribution in [-0.4, -0.2) is 23.0 Å². The van der Waals surface area contributed by atoms with E-state index in [-0.39, 0.29) is 12.5 Å². The van der Waals surface area contributed by atoms with E-state index >= 15 is 0 Å². The quantitative estimate of drug-likeness (QED) is 0.910. The van der Waals surface area contributed by atoms with Gasteiger partial charge in [-0.25, -0.2) is 0 Å². The van der Waals surface area contributed by atoms with E-state index in [0.717, 1.165) is 16.6 Å². The molecule has 1 N–H and O–H groups in total. The van der Waals surface area contributed by atoms with E-state index < -0.39 is 12.6 Å². The molecular weight excluding hydrogens is 267 g/mol. The summed E-state index contributed by atoms with van der Waals surface area (Å²) in [6, 6.07) is 7.57. The molecule has 0 fully saturated rings. The first-order chi connectivity index (χ1) is 9.42. The van der Waals surface area contributed by atoms with E-state index in [0.29, 0.717) is 6.42 Å². The van der Waals surface area contributed by atoms with Crippen LogP contribution < -0.4 is 5.32 Å². The minimum atomic E-state index is -4.09. The molecule has 1 aromatic heterocycles. The topological polar surface area (TPSA) is 29.9 Å². The van der Waals surface area contributed by atoms with Gasteiger partial charge in [0.05, 0.1) is 17.3 Å². The standard InChI is InChI=1S/C14H18F3N3/c1-18-11(7-5-9-14(15,16)17)13-10-6-3-4-8-12(10)20(2)19-13/h3-4,6,8,11,18H,5,7,9H2,1-2H3. The van der Waals surface area contributed by atoms with E-state index in [2.05, 4.69) is 10.4 Å². The molecule has 0 aliphatic heterocycles. The summed E-state index contributed by atoms with van der Waals surface area (Å²) in [7, 11) is 3.59. The molecule has 2 aromatic rings. The third-order valence-corrected chi connectivity index (χ3v) is 3.42. The number of hydrogen-bond donors (Lipinski definition) is 1. The molecule has 0 saturated carbocycles. The Morgan fingerprint density at radius 1 is 1.30 bits per heavy atom. The average molecular weight is 285 g/mol. The van der Waals surface area contributed by atoms with Crippen LogP contribution in [-0.2, 0) is 7.05 Å². The molecule has 0 radical (unpaired) electrons. The molecule has 0 spiro atoms. The number of alkyl halides is 3. The second-order valence-corrected chi connectivity index (χ2v) is 4.87. The van der Waals surface area contributed by atoms with E-state index in [4.69, 9.17) is 0 Å². The zero-order chi connectivity index (χ0) is 14.8. The second kappa shape index (κ2) is 5.83. The normalized spacial score (nSPS) is 13.8. The van der Waals surface area contributed by atoms with Crippen LogP contribution in [0.1, 0.15) is 31.0 Å². The van der Waals surface area contributed by atoms with Crippen LogP contribution >= 0.6 is 0 Å². The molecule has 0 amide bonds.